The summed E-state index contributed by atoms with van der Waals surface area (Å²) in [6.45, 7) is 0.723. The van der Waals surface area contributed by atoms with E-state index >= 15 is 0 Å². The Kier molecular flexibility index (Phi) is 3.82. The summed E-state index contributed by atoms with van der Waals surface area (Å²) in [5, 5.41) is 3.05. The molecule has 1 amide bonds. The summed E-state index contributed by atoms with van der Waals surface area (Å²) in [5.41, 5.74) is 2.55. The van der Waals surface area contributed by atoms with Gasteiger partial charge in [0.2, 0.25) is 5.91 Å². The van der Waals surface area contributed by atoms with Crippen molar-refractivity contribution in [2.24, 2.45) is 5.92 Å². The highest BCUT2D eigenvalue weighted by Gasteiger charge is 2.43. The summed E-state index contributed by atoms with van der Waals surface area (Å²) < 4.78 is 0. The summed E-state index contributed by atoms with van der Waals surface area (Å²) >= 11 is 0. The van der Waals surface area contributed by atoms with Gasteiger partial charge in [0.25, 0.3) is 0 Å². The van der Waals surface area contributed by atoms with Crippen LogP contribution in [0.5, 0.6) is 0 Å². The quantitative estimate of drug-likeness (QED) is 0.884. The monoisotopic (exact) mass is 265 g/mol. The molecule has 1 saturated carbocycles. The summed E-state index contributed by atoms with van der Waals surface area (Å²) in [4.78, 5) is 12.1. The summed E-state index contributed by atoms with van der Waals surface area (Å²) in [5.74, 6) is 0.802. The molecule has 20 heavy (non-hydrogen) atoms. The van der Waals surface area contributed by atoms with Crippen LogP contribution in [0.15, 0.2) is 60.7 Å². The molecule has 0 heterocycles. The first-order valence-electron chi connectivity index (χ1n) is 7.21. The normalized spacial score (nSPS) is 20.4. The third kappa shape index (κ3) is 3.08. The molecule has 2 nitrogen and oxygen atoms in total. The lowest BCUT2D eigenvalue weighted by Crippen LogP contribution is -2.27. The predicted octanol–water partition coefficient (Wildman–Crippen LogP) is 3.15. The fourth-order valence-electron chi connectivity index (χ4n) is 2.66. The second kappa shape index (κ2) is 5.91. The van der Waals surface area contributed by atoms with Crippen molar-refractivity contribution in [3.05, 3.63) is 71.8 Å². The Morgan fingerprint density at radius 1 is 1.00 bits per heavy atom. The lowest BCUT2D eigenvalue weighted by Gasteiger charge is -2.05. The Bertz CT molecular complexity index is 564. The van der Waals surface area contributed by atoms with E-state index in [2.05, 4.69) is 29.6 Å². The van der Waals surface area contributed by atoms with E-state index in [1.54, 1.807) is 0 Å². The number of hydrogen-bond acceptors (Lipinski definition) is 1. The molecule has 102 valence electrons. The van der Waals surface area contributed by atoms with Gasteiger partial charge in [-0.25, -0.2) is 0 Å². The van der Waals surface area contributed by atoms with Crippen LogP contribution < -0.4 is 5.32 Å². The van der Waals surface area contributed by atoms with Crippen molar-refractivity contribution in [1.82, 2.24) is 5.32 Å². The van der Waals surface area contributed by atoms with Gasteiger partial charge in [-0.1, -0.05) is 60.7 Å². The van der Waals surface area contributed by atoms with Gasteiger partial charge < -0.3 is 5.32 Å². The first kappa shape index (κ1) is 12.9. The largest absolute Gasteiger partial charge is 0.356 e. The number of amides is 1. The number of carbonyl (C=O) groups is 1. The molecule has 0 spiro atoms. The van der Waals surface area contributed by atoms with Crippen molar-refractivity contribution >= 4 is 5.91 Å². The van der Waals surface area contributed by atoms with Crippen LogP contribution in [0.4, 0.5) is 0 Å². The number of benzene rings is 2. The molecule has 3 rings (SSSR count). The van der Waals surface area contributed by atoms with Gasteiger partial charge in [0.05, 0.1) is 0 Å². The molecule has 2 unspecified atom stereocenters. The SMILES string of the molecule is O=C(NCCc1ccccc1)C1CC1c1ccccc1. The smallest absolute Gasteiger partial charge is 0.223 e. The molecular weight excluding hydrogens is 246 g/mol. The average Bonchev–Trinajstić information content (AvgIpc) is 3.30. The van der Waals surface area contributed by atoms with Gasteiger partial charge in [-0.15, -0.1) is 0 Å². The molecule has 1 fully saturated rings. The molecule has 2 aromatic carbocycles. The van der Waals surface area contributed by atoms with E-state index in [1.807, 2.05) is 36.4 Å². The van der Waals surface area contributed by atoms with E-state index in [1.165, 1.54) is 11.1 Å². The molecule has 2 aromatic rings. The second-order valence-corrected chi connectivity index (χ2v) is 5.39. The fraction of sp³-hybridized carbons (Fsp3) is 0.278. The molecule has 0 radical (unpaired) electrons. The van der Waals surface area contributed by atoms with Crippen molar-refractivity contribution < 1.29 is 4.79 Å². The van der Waals surface area contributed by atoms with E-state index in [4.69, 9.17) is 0 Å². The molecule has 0 bridgehead atoms. The van der Waals surface area contributed by atoms with Gasteiger partial charge in [0.1, 0.15) is 0 Å². The lowest BCUT2D eigenvalue weighted by molar-refractivity contribution is -0.122. The topological polar surface area (TPSA) is 29.1 Å². The van der Waals surface area contributed by atoms with E-state index in [9.17, 15) is 4.79 Å². The third-order valence-corrected chi connectivity index (χ3v) is 3.91. The van der Waals surface area contributed by atoms with Gasteiger partial charge >= 0.3 is 0 Å². The minimum Gasteiger partial charge on any atom is -0.356 e. The Labute approximate surface area is 119 Å². The maximum absolute atomic E-state index is 12.1. The second-order valence-electron chi connectivity index (χ2n) is 5.39. The zero-order chi connectivity index (χ0) is 13.8. The van der Waals surface area contributed by atoms with Crippen LogP contribution in [0.2, 0.25) is 0 Å². The van der Waals surface area contributed by atoms with Crippen LogP contribution in [0.25, 0.3) is 0 Å². The third-order valence-electron chi connectivity index (χ3n) is 3.91. The zero-order valence-corrected chi connectivity index (χ0v) is 11.5. The highest BCUT2D eigenvalue weighted by molar-refractivity contribution is 5.82. The van der Waals surface area contributed by atoms with Crippen molar-refractivity contribution in [3.8, 4) is 0 Å². The predicted molar refractivity (Wildman–Crippen MR) is 80.4 cm³/mol. The Hall–Kier alpha value is -2.09. The van der Waals surface area contributed by atoms with Crippen molar-refractivity contribution in [3.63, 3.8) is 0 Å². The summed E-state index contributed by atoms with van der Waals surface area (Å²) in [7, 11) is 0. The van der Waals surface area contributed by atoms with Crippen LogP contribution in [-0.2, 0) is 11.2 Å². The molecule has 1 N–H and O–H groups in total. The highest BCUT2D eigenvalue weighted by atomic mass is 16.2. The number of rotatable bonds is 5. The summed E-state index contributed by atoms with van der Waals surface area (Å²) in [6, 6.07) is 20.6. The van der Waals surface area contributed by atoms with Gasteiger partial charge in [0.15, 0.2) is 0 Å². The minimum absolute atomic E-state index is 0.174. The molecule has 0 aliphatic heterocycles. The van der Waals surface area contributed by atoms with Gasteiger partial charge in [0, 0.05) is 12.5 Å². The Morgan fingerprint density at radius 3 is 2.35 bits per heavy atom. The van der Waals surface area contributed by atoms with Gasteiger partial charge in [-0.3, -0.25) is 4.79 Å². The zero-order valence-electron chi connectivity index (χ0n) is 11.5. The molecule has 1 aliphatic carbocycles. The van der Waals surface area contributed by atoms with Crippen LogP contribution in [-0.4, -0.2) is 12.5 Å². The minimum atomic E-state index is 0.174. The maximum Gasteiger partial charge on any atom is 0.223 e. The van der Waals surface area contributed by atoms with E-state index < -0.39 is 0 Å². The van der Waals surface area contributed by atoms with Crippen LogP contribution in [0, 0.1) is 5.92 Å². The van der Waals surface area contributed by atoms with Crippen molar-refractivity contribution in [1.29, 1.82) is 0 Å². The van der Waals surface area contributed by atoms with Crippen LogP contribution in [0.1, 0.15) is 23.5 Å². The van der Waals surface area contributed by atoms with Crippen molar-refractivity contribution in [2.45, 2.75) is 18.8 Å². The summed E-state index contributed by atoms with van der Waals surface area (Å²) in [6.07, 6.45) is 1.89. The first-order chi connectivity index (χ1) is 9.84. The Morgan fingerprint density at radius 2 is 1.65 bits per heavy atom. The number of carbonyl (C=O) groups excluding carboxylic acids is 1. The highest BCUT2D eigenvalue weighted by Crippen LogP contribution is 2.47. The van der Waals surface area contributed by atoms with Crippen molar-refractivity contribution in [2.75, 3.05) is 6.54 Å². The number of nitrogens with one attached hydrogen (secondary N) is 1. The lowest BCUT2D eigenvalue weighted by atomic mass is 10.1. The molecule has 0 aromatic heterocycles. The van der Waals surface area contributed by atoms with E-state index in [0.29, 0.717) is 5.92 Å². The maximum atomic E-state index is 12.1. The molecule has 2 heteroatoms. The van der Waals surface area contributed by atoms with Crippen LogP contribution >= 0.6 is 0 Å². The van der Waals surface area contributed by atoms with E-state index in [0.717, 1.165) is 19.4 Å². The average molecular weight is 265 g/mol. The van der Waals surface area contributed by atoms with Crippen LogP contribution in [0.3, 0.4) is 0 Å². The standard InChI is InChI=1S/C18H19NO/c20-18(19-12-11-14-7-3-1-4-8-14)17-13-16(17)15-9-5-2-6-10-15/h1-10,16-17H,11-13H2,(H,19,20). The van der Waals surface area contributed by atoms with E-state index in [-0.39, 0.29) is 11.8 Å². The first-order valence-corrected chi connectivity index (χ1v) is 7.21. The van der Waals surface area contributed by atoms with Gasteiger partial charge in [-0.2, -0.15) is 0 Å². The van der Waals surface area contributed by atoms with Gasteiger partial charge in [-0.05, 0) is 29.9 Å². The molecule has 1 aliphatic rings. The fourth-order valence-corrected chi connectivity index (χ4v) is 2.66. The molecular formula is C18H19NO. The molecule has 2 atom stereocenters. The number of hydrogen-bond donors (Lipinski definition) is 1. The Balaban J connectivity index is 1.45. The molecule has 0 saturated heterocycles.